The average molecular weight is 435 g/mol. The van der Waals surface area contributed by atoms with Gasteiger partial charge in [0.15, 0.2) is 5.76 Å². The van der Waals surface area contributed by atoms with Gasteiger partial charge in [-0.15, -0.1) is 0 Å². The van der Waals surface area contributed by atoms with Crippen molar-refractivity contribution in [3.8, 4) is 0 Å². The Morgan fingerprint density at radius 1 is 1.25 bits per heavy atom. The number of nitrogens with one attached hydrogen (secondary N) is 1. The molecule has 1 amide bonds. The van der Waals surface area contributed by atoms with Crippen molar-refractivity contribution in [1.82, 2.24) is 19.8 Å². The smallest absolute Gasteiger partial charge is 0.290 e. The van der Waals surface area contributed by atoms with Crippen LogP contribution in [0, 0.1) is 13.8 Å². The second-order valence-corrected chi connectivity index (χ2v) is 9.40. The number of hydrogen-bond acceptors (Lipinski definition) is 5. The van der Waals surface area contributed by atoms with Crippen molar-refractivity contribution in [3.63, 3.8) is 0 Å². The first-order chi connectivity index (χ1) is 15.3. The lowest BCUT2D eigenvalue weighted by Gasteiger charge is -2.31. The van der Waals surface area contributed by atoms with E-state index >= 15 is 0 Å². The molecule has 1 N–H and O–H groups in total. The number of carbonyl (C=O) groups is 1. The van der Waals surface area contributed by atoms with Crippen LogP contribution in [0.4, 0.5) is 0 Å². The van der Waals surface area contributed by atoms with Gasteiger partial charge in [0.25, 0.3) is 11.5 Å². The zero-order valence-corrected chi connectivity index (χ0v) is 19.2. The number of furan rings is 1. The number of likely N-dealkylation sites (tertiary alicyclic amines) is 1. The fourth-order valence-electron chi connectivity index (χ4n) is 5.04. The molecule has 1 saturated heterocycles. The summed E-state index contributed by atoms with van der Waals surface area (Å²) in [5.74, 6) is 0.835. The van der Waals surface area contributed by atoms with E-state index in [1.165, 1.54) is 0 Å². The molecule has 1 atom stereocenters. The molecule has 7 heteroatoms. The van der Waals surface area contributed by atoms with E-state index in [4.69, 9.17) is 9.40 Å². The number of nitrogens with zero attached hydrogens (tertiary/aromatic N) is 3. The molecule has 0 saturated carbocycles. The Morgan fingerprint density at radius 3 is 2.84 bits per heavy atom. The van der Waals surface area contributed by atoms with Gasteiger partial charge in [-0.1, -0.05) is 11.6 Å². The van der Waals surface area contributed by atoms with E-state index in [2.05, 4.69) is 29.8 Å². The summed E-state index contributed by atoms with van der Waals surface area (Å²) in [5.41, 5.74) is 4.28. The van der Waals surface area contributed by atoms with Crippen molar-refractivity contribution in [3.05, 3.63) is 62.5 Å². The van der Waals surface area contributed by atoms with Crippen molar-refractivity contribution >= 4 is 16.9 Å². The molecule has 168 valence electrons. The second-order valence-electron chi connectivity index (χ2n) is 9.40. The molecule has 32 heavy (non-hydrogen) atoms. The number of H-pyrrole nitrogens is 1. The third-order valence-electron chi connectivity index (χ3n) is 6.97. The van der Waals surface area contributed by atoms with Gasteiger partial charge in [-0.2, -0.15) is 0 Å². The maximum absolute atomic E-state index is 13.5. The Morgan fingerprint density at radius 2 is 2.06 bits per heavy atom. The maximum atomic E-state index is 13.5. The fourth-order valence-corrected chi connectivity index (χ4v) is 5.04. The minimum Gasteiger partial charge on any atom is -0.451 e. The van der Waals surface area contributed by atoms with Crippen LogP contribution in [0.15, 0.2) is 27.4 Å². The number of fused-ring (bicyclic) bond motifs is 2. The molecule has 0 bridgehead atoms. The summed E-state index contributed by atoms with van der Waals surface area (Å²) in [6.07, 6.45) is 2.36. The lowest BCUT2D eigenvalue weighted by molar-refractivity contribution is 0.0698. The number of amides is 1. The molecular formula is C25H30N4O3. The van der Waals surface area contributed by atoms with Crippen molar-refractivity contribution in [1.29, 1.82) is 0 Å². The van der Waals surface area contributed by atoms with Gasteiger partial charge in [-0.05, 0) is 59.1 Å². The van der Waals surface area contributed by atoms with E-state index in [1.54, 1.807) is 0 Å². The lowest BCUT2D eigenvalue weighted by atomic mass is 10.0. The molecule has 4 heterocycles. The van der Waals surface area contributed by atoms with Crippen LogP contribution in [0.1, 0.15) is 71.5 Å². The summed E-state index contributed by atoms with van der Waals surface area (Å²) < 4.78 is 5.98. The van der Waals surface area contributed by atoms with Crippen LogP contribution in [-0.4, -0.2) is 44.8 Å². The van der Waals surface area contributed by atoms with Crippen molar-refractivity contribution < 1.29 is 9.21 Å². The molecular weight excluding hydrogens is 404 g/mol. The van der Waals surface area contributed by atoms with E-state index in [0.29, 0.717) is 37.1 Å². The highest BCUT2D eigenvalue weighted by Crippen LogP contribution is 2.34. The van der Waals surface area contributed by atoms with E-state index < -0.39 is 0 Å². The molecule has 2 aliphatic rings. The topological polar surface area (TPSA) is 82.4 Å². The number of aromatic amines is 1. The monoisotopic (exact) mass is 434 g/mol. The van der Waals surface area contributed by atoms with Crippen LogP contribution >= 0.6 is 0 Å². The summed E-state index contributed by atoms with van der Waals surface area (Å²) in [6.45, 7) is 10.4. The number of carbonyl (C=O) groups excluding carboxylic acids is 1. The minimum atomic E-state index is -0.246. The first-order valence-electron chi connectivity index (χ1n) is 11.5. The summed E-state index contributed by atoms with van der Waals surface area (Å²) in [6, 6.07) is 6.11. The summed E-state index contributed by atoms with van der Waals surface area (Å²) in [5, 5.41) is 0.971. The van der Waals surface area contributed by atoms with Gasteiger partial charge in [-0.3, -0.25) is 14.5 Å². The Hall–Kier alpha value is -2.93. The van der Waals surface area contributed by atoms with Gasteiger partial charge in [0, 0.05) is 42.2 Å². The van der Waals surface area contributed by atoms with E-state index in [0.717, 1.165) is 52.7 Å². The molecule has 1 aromatic carbocycles. The Bertz CT molecular complexity index is 1260. The number of aryl methyl sites for hydroxylation is 2. The van der Waals surface area contributed by atoms with Gasteiger partial charge in [0.2, 0.25) is 0 Å². The third kappa shape index (κ3) is 3.45. The van der Waals surface area contributed by atoms with Crippen LogP contribution in [0.25, 0.3) is 11.0 Å². The average Bonchev–Trinajstić information content (AvgIpc) is 3.38. The maximum Gasteiger partial charge on any atom is 0.290 e. The number of aromatic nitrogens is 2. The molecule has 0 radical (unpaired) electrons. The van der Waals surface area contributed by atoms with E-state index in [9.17, 15) is 9.59 Å². The quantitative estimate of drug-likeness (QED) is 0.677. The molecule has 5 rings (SSSR count). The molecule has 3 aromatic rings. The van der Waals surface area contributed by atoms with E-state index in [-0.39, 0.29) is 17.5 Å². The molecule has 2 aliphatic heterocycles. The molecule has 1 fully saturated rings. The van der Waals surface area contributed by atoms with Crippen molar-refractivity contribution in [2.45, 2.75) is 65.6 Å². The predicted molar refractivity (Wildman–Crippen MR) is 123 cm³/mol. The van der Waals surface area contributed by atoms with Crippen molar-refractivity contribution in [2.24, 2.45) is 0 Å². The summed E-state index contributed by atoms with van der Waals surface area (Å²) >= 11 is 0. The van der Waals surface area contributed by atoms with Crippen LogP contribution in [0.2, 0.25) is 0 Å². The highest BCUT2D eigenvalue weighted by Gasteiger charge is 2.36. The fraction of sp³-hybridized carbons (Fsp3) is 0.480. The SMILES string of the molecule is Cc1ccc2oc(C(=O)N3CCC[C@H]3c3nc4c(c(=O)[nH]3)CCN(C(C)C)C4)c(C)c2c1. The van der Waals surface area contributed by atoms with Crippen LogP contribution in [0.5, 0.6) is 0 Å². The zero-order valence-electron chi connectivity index (χ0n) is 19.2. The van der Waals surface area contributed by atoms with Crippen LogP contribution in [-0.2, 0) is 13.0 Å². The first-order valence-corrected chi connectivity index (χ1v) is 11.5. The van der Waals surface area contributed by atoms with Gasteiger partial charge in [0.1, 0.15) is 11.4 Å². The summed E-state index contributed by atoms with van der Waals surface area (Å²) in [4.78, 5) is 38.4. The number of benzene rings is 1. The lowest BCUT2D eigenvalue weighted by Crippen LogP contribution is -2.40. The summed E-state index contributed by atoms with van der Waals surface area (Å²) in [7, 11) is 0. The van der Waals surface area contributed by atoms with Gasteiger partial charge in [-0.25, -0.2) is 4.98 Å². The minimum absolute atomic E-state index is 0.0666. The van der Waals surface area contributed by atoms with Gasteiger partial charge >= 0.3 is 0 Å². The highest BCUT2D eigenvalue weighted by molar-refractivity contribution is 5.99. The first kappa shape index (κ1) is 20.9. The normalized spacial score (nSPS) is 19.2. The highest BCUT2D eigenvalue weighted by atomic mass is 16.3. The molecule has 7 nitrogen and oxygen atoms in total. The Labute approximate surface area is 187 Å². The second kappa shape index (κ2) is 7.89. The third-order valence-corrected chi connectivity index (χ3v) is 6.97. The zero-order chi connectivity index (χ0) is 22.6. The Kier molecular flexibility index (Phi) is 5.16. The number of hydrogen-bond donors (Lipinski definition) is 1. The molecule has 0 unspecified atom stereocenters. The van der Waals surface area contributed by atoms with Crippen molar-refractivity contribution in [2.75, 3.05) is 13.1 Å². The van der Waals surface area contributed by atoms with Crippen LogP contribution < -0.4 is 5.56 Å². The van der Waals surface area contributed by atoms with Crippen LogP contribution in [0.3, 0.4) is 0 Å². The van der Waals surface area contributed by atoms with Gasteiger partial charge < -0.3 is 14.3 Å². The van der Waals surface area contributed by atoms with E-state index in [1.807, 2.05) is 30.9 Å². The standard InChI is InChI=1S/C25H30N4O3/c1-14(2)28-11-9-17-19(13-28)26-23(27-24(17)30)20-6-5-10-29(20)25(31)22-16(4)18-12-15(3)7-8-21(18)32-22/h7-8,12,14,20H,5-6,9-11,13H2,1-4H3,(H,26,27,30)/t20-/m0/s1. The molecule has 0 aliphatic carbocycles. The Balaban J connectivity index is 1.49. The molecule has 2 aromatic heterocycles. The van der Waals surface area contributed by atoms with Gasteiger partial charge in [0.05, 0.1) is 11.7 Å². The predicted octanol–water partition coefficient (Wildman–Crippen LogP) is 3.88. The number of rotatable bonds is 3. The largest absolute Gasteiger partial charge is 0.451 e. The molecule has 0 spiro atoms.